The number of carbonyl (C=O) groups excluding carboxylic acids is 1. The highest BCUT2D eigenvalue weighted by Gasteiger charge is 2.13. The summed E-state index contributed by atoms with van der Waals surface area (Å²) >= 11 is 0. The fraction of sp³-hybridized carbons (Fsp3) is 0.273. The van der Waals surface area contributed by atoms with Crippen molar-refractivity contribution < 1.29 is 15.0 Å². The minimum absolute atomic E-state index is 0.0832. The topological polar surface area (TPSA) is 81.9 Å². The zero-order chi connectivity index (χ0) is 12.0. The van der Waals surface area contributed by atoms with Crippen LogP contribution in [0, 0.1) is 0 Å². The van der Waals surface area contributed by atoms with E-state index >= 15 is 0 Å². The van der Waals surface area contributed by atoms with E-state index in [1.807, 2.05) is 0 Å². The summed E-state index contributed by atoms with van der Waals surface area (Å²) in [7, 11) is 1.47. The first-order valence-corrected chi connectivity index (χ1v) is 4.82. The lowest BCUT2D eigenvalue weighted by molar-refractivity contribution is -0.122. The van der Waals surface area contributed by atoms with Gasteiger partial charge in [0.05, 0.1) is 6.61 Å². The monoisotopic (exact) mass is 222 g/mol. The van der Waals surface area contributed by atoms with Crippen LogP contribution in [0.2, 0.25) is 0 Å². The van der Waals surface area contributed by atoms with Gasteiger partial charge in [-0.15, -0.1) is 0 Å². The summed E-state index contributed by atoms with van der Waals surface area (Å²) in [5.41, 5.74) is 0.504. The van der Waals surface area contributed by atoms with Crippen molar-refractivity contribution in [3.8, 4) is 5.75 Å². The SMILES string of the molecule is CNC(=O)[C@H](CO)N=Cc1ccccc1O. The molecule has 0 spiro atoms. The Balaban J connectivity index is 2.79. The minimum atomic E-state index is -0.843. The third-order valence-corrected chi connectivity index (χ3v) is 2.05. The number of rotatable bonds is 4. The Morgan fingerprint density at radius 1 is 1.56 bits per heavy atom. The molecule has 0 unspecified atom stereocenters. The lowest BCUT2D eigenvalue weighted by Crippen LogP contribution is -2.33. The standard InChI is InChI=1S/C11H14N2O3/c1-12-11(16)9(7-14)13-6-8-4-2-3-5-10(8)15/h2-6,9,14-15H,7H2,1H3,(H,12,16)/t9-/m0/s1. The molecule has 5 nitrogen and oxygen atoms in total. The maximum absolute atomic E-state index is 11.2. The van der Waals surface area contributed by atoms with E-state index in [-0.39, 0.29) is 18.3 Å². The second-order valence-corrected chi connectivity index (χ2v) is 3.15. The first-order chi connectivity index (χ1) is 7.69. The third-order valence-electron chi connectivity index (χ3n) is 2.05. The van der Waals surface area contributed by atoms with Gasteiger partial charge in [0.15, 0.2) is 6.04 Å². The van der Waals surface area contributed by atoms with Crippen LogP contribution >= 0.6 is 0 Å². The molecule has 0 aliphatic rings. The molecule has 0 aliphatic heterocycles. The summed E-state index contributed by atoms with van der Waals surface area (Å²) < 4.78 is 0. The summed E-state index contributed by atoms with van der Waals surface area (Å²) in [6.45, 7) is -0.371. The van der Waals surface area contributed by atoms with Gasteiger partial charge in [-0.3, -0.25) is 9.79 Å². The van der Waals surface area contributed by atoms with Crippen LogP contribution in [-0.4, -0.2) is 42.0 Å². The van der Waals surface area contributed by atoms with Crippen molar-refractivity contribution in [1.29, 1.82) is 0 Å². The van der Waals surface area contributed by atoms with E-state index in [4.69, 9.17) is 5.11 Å². The van der Waals surface area contributed by atoms with Gasteiger partial charge in [0.25, 0.3) is 0 Å². The van der Waals surface area contributed by atoms with E-state index in [1.165, 1.54) is 19.3 Å². The molecule has 5 heteroatoms. The number of aliphatic hydroxyl groups excluding tert-OH is 1. The van der Waals surface area contributed by atoms with E-state index in [9.17, 15) is 9.90 Å². The molecule has 0 radical (unpaired) electrons. The smallest absolute Gasteiger partial charge is 0.246 e. The highest BCUT2D eigenvalue weighted by Crippen LogP contribution is 2.12. The molecule has 1 aromatic rings. The summed E-state index contributed by atoms with van der Waals surface area (Å²) in [4.78, 5) is 15.1. The number of aliphatic imine (C=N–C) groups is 1. The predicted molar refractivity (Wildman–Crippen MR) is 60.6 cm³/mol. The number of hydrogen-bond donors (Lipinski definition) is 3. The van der Waals surface area contributed by atoms with Gasteiger partial charge in [-0.25, -0.2) is 0 Å². The van der Waals surface area contributed by atoms with Crippen LogP contribution < -0.4 is 5.32 Å². The molecule has 1 rings (SSSR count). The van der Waals surface area contributed by atoms with Crippen LogP contribution in [-0.2, 0) is 4.79 Å². The lowest BCUT2D eigenvalue weighted by atomic mass is 10.2. The van der Waals surface area contributed by atoms with Gasteiger partial charge in [0.1, 0.15) is 5.75 Å². The van der Waals surface area contributed by atoms with Crippen molar-refractivity contribution in [3.63, 3.8) is 0 Å². The summed E-state index contributed by atoms with van der Waals surface area (Å²) in [6.07, 6.45) is 1.37. The maximum Gasteiger partial charge on any atom is 0.246 e. The second kappa shape index (κ2) is 5.87. The molecule has 0 aliphatic carbocycles. The van der Waals surface area contributed by atoms with Gasteiger partial charge in [0, 0.05) is 18.8 Å². The van der Waals surface area contributed by atoms with Gasteiger partial charge in [-0.05, 0) is 12.1 Å². The molecule has 0 saturated heterocycles. The molecule has 1 amide bonds. The Kier molecular flexibility index (Phi) is 4.47. The first-order valence-electron chi connectivity index (χ1n) is 4.82. The van der Waals surface area contributed by atoms with Crippen molar-refractivity contribution in [3.05, 3.63) is 29.8 Å². The van der Waals surface area contributed by atoms with E-state index in [0.717, 1.165) is 0 Å². The Hall–Kier alpha value is -1.88. The summed E-state index contributed by atoms with van der Waals surface area (Å²) in [5, 5.41) is 20.8. The molecule has 0 heterocycles. The fourth-order valence-electron chi connectivity index (χ4n) is 1.13. The largest absolute Gasteiger partial charge is 0.507 e. The Bertz CT molecular complexity index is 391. The van der Waals surface area contributed by atoms with E-state index in [0.29, 0.717) is 5.56 Å². The number of benzene rings is 1. The first kappa shape index (κ1) is 12.2. The van der Waals surface area contributed by atoms with E-state index < -0.39 is 6.04 Å². The van der Waals surface area contributed by atoms with Gasteiger partial charge < -0.3 is 15.5 Å². The van der Waals surface area contributed by atoms with Crippen molar-refractivity contribution in [1.82, 2.24) is 5.32 Å². The third kappa shape index (κ3) is 3.06. The summed E-state index contributed by atoms with van der Waals surface area (Å²) in [6, 6.07) is 5.78. The number of phenolic OH excluding ortho intramolecular Hbond substituents is 1. The highest BCUT2D eigenvalue weighted by molar-refractivity contribution is 5.88. The number of nitrogens with one attached hydrogen (secondary N) is 1. The number of aliphatic hydroxyl groups is 1. The van der Waals surface area contributed by atoms with Crippen LogP contribution in [0.1, 0.15) is 5.56 Å². The predicted octanol–water partition coefficient (Wildman–Crippen LogP) is -0.0820. The molecule has 0 saturated carbocycles. The number of amides is 1. The number of likely N-dealkylation sites (N-methyl/N-ethyl adjacent to an activating group) is 1. The Labute approximate surface area is 93.5 Å². The van der Waals surface area contributed by atoms with Crippen molar-refractivity contribution >= 4 is 12.1 Å². The highest BCUT2D eigenvalue weighted by atomic mass is 16.3. The molecule has 86 valence electrons. The van der Waals surface area contributed by atoms with Crippen LogP contribution in [0.5, 0.6) is 5.75 Å². The molecular formula is C11H14N2O3. The Morgan fingerprint density at radius 3 is 2.81 bits per heavy atom. The van der Waals surface area contributed by atoms with Gasteiger partial charge in [0.2, 0.25) is 5.91 Å². The maximum atomic E-state index is 11.2. The van der Waals surface area contributed by atoms with Crippen LogP contribution in [0.25, 0.3) is 0 Å². The normalized spacial score (nSPS) is 12.6. The van der Waals surface area contributed by atoms with Gasteiger partial charge >= 0.3 is 0 Å². The minimum Gasteiger partial charge on any atom is -0.507 e. The van der Waals surface area contributed by atoms with Gasteiger partial charge in [-0.2, -0.15) is 0 Å². The van der Waals surface area contributed by atoms with Crippen molar-refractivity contribution in [2.75, 3.05) is 13.7 Å². The average Bonchev–Trinajstić information content (AvgIpc) is 2.31. The molecule has 1 atom stereocenters. The van der Waals surface area contributed by atoms with E-state index in [1.54, 1.807) is 18.2 Å². The number of para-hydroxylation sites is 1. The molecule has 0 aromatic heterocycles. The molecule has 0 bridgehead atoms. The average molecular weight is 222 g/mol. The Morgan fingerprint density at radius 2 is 2.25 bits per heavy atom. The second-order valence-electron chi connectivity index (χ2n) is 3.15. The van der Waals surface area contributed by atoms with Gasteiger partial charge in [-0.1, -0.05) is 12.1 Å². The number of nitrogens with zero attached hydrogens (tertiary/aromatic N) is 1. The summed E-state index contributed by atoms with van der Waals surface area (Å²) in [5.74, 6) is -0.283. The number of aromatic hydroxyl groups is 1. The van der Waals surface area contributed by atoms with Crippen molar-refractivity contribution in [2.24, 2.45) is 4.99 Å². The van der Waals surface area contributed by atoms with E-state index in [2.05, 4.69) is 10.3 Å². The number of carbonyl (C=O) groups is 1. The number of phenols is 1. The molecule has 3 N–H and O–H groups in total. The number of hydrogen-bond acceptors (Lipinski definition) is 4. The quantitative estimate of drug-likeness (QED) is 0.623. The van der Waals surface area contributed by atoms with Crippen LogP contribution in [0.4, 0.5) is 0 Å². The van der Waals surface area contributed by atoms with Crippen molar-refractivity contribution in [2.45, 2.75) is 6.04 Å². The zero-order valence-electron chi connectivity index (χ0n) is 8.92. The zero-order valence-corrected chi connectivity index (χ0v) is 8.92. The molecular weight excluding hydrogens is 208 g/mol. The lowest BCUT2D eigenvalue weighted by Gasteiger charge is -2.06. The molecule has 1 aromatic carbocycles. The molecule has 16 heavy (non-hydrogen) atoms. The van der Waals surface area contributed by atoms with Crippen LogP contribution in [0.15, 0.2) is 29.3 Å². The van der Waals surface area contributed by atoms with Crippen LogP contribution in [0.3, 0.4) is 0 Å². The molecule has 0 fully saturated rings. The fourth-order valence-corrected chi connectivity index (χ4v) is 1.13.